The fraction of sp³-hybridized carbons (Fsp3) is 0.333. The Hall–Kier alpha value is -2.08. The Morgan fingerprint density at radius 1 is 1.29 bits per heavy atom. The van der Waals surface area contributed by atoms with E-state index >= 15 is 0 Å². The quantitative estimate of drug-likeness (QED) is 0.923. The standard InChI is InChI=1S/C15H18N2O3S/c1-10-4-6-13(21-10)9-17(3)15(19)14-7-5-12(20-14)8-16-11(2)18/h4-7H,8-9H2,1-3H3,(H,16,18). The first-order valence-electron chi connectivity index (χ1n) is 6.59. The number of rotatable bonds is 5. The Balaban J connectivity index is 1.97. The molecule has 5 nitrogen and oxygen atoms in total. The van der Waals surface area contributed by atoms with Crippen molar-refractivity contribution in [1.29, 1.82) is 0 Å². The van der Waals surface area contributed by atoms with Crippen LogP contribution in [0.25, 0.3) is 0 Å². The zero-order chi connectivity index (χ0) is 15.4. The van der Waals surface area contributed by atoms with Gasteiger partial charge in [-0.25, -0.2) is 0 Å². The Kier molecular flexibility index (Phi) is 4.80. The predicted molar refractivity (Wildman–Crippen MR) is 81.1 cm³/mol. The topological polar surface area (TPSA) is 62.6 Å². The number of furan rings is 1. The lowest BCUT2D eigenvalue weighted by Gasteiger charge is -2.14. The Morgan fingerprint density at radius 2 is 2.05 bits per heavy atom. The summed E-state index contributed by atoms with van der Waals surface area (Å²) >= 11 is 1.67. The normalized spacial score (nSPS) is 10.4. The summed E-state index contributed by atoms with van der Waals surface area (Å²) in [4.78, 5) is 27.1. The second kappa shape index (κ2) is 6.58. The minimum atomic E-state index is -0.171. The van der Waals surface area contributed by atoms with Crippen molar-refractivity contribution < 1.29 is 14.0 Å². The maximum Gasteiger partial charge on any atom is 0.289 e. The molecule has 1 N–H and O–H groups in total. The first-order chi connectivity index (χ1) is 9.95. The van der Waals surface area contributed by atoms with Crippen molar-refractivity contribution in [3.8, 4) is 0 Å². The van der Waals surface area contributed by atoms with E-state index in [9.17, 15) is 9.59 Å². The number of amides is 2. The molecule has 0 aliphatic carbocycles. The lowest BCUT2D eigenvalue weighted by molar-refractivity contribution is -0.119. The van der Waals surface area contributed by atoms with E-state index in [4.69, 9.17) is 4.42 Å². The highest BCUT2D eigenvalue weighted by molar-refractivity contribution is 7.11. The smallest absolute Gasteiger partial charge is 0.289 e. The summed E-state index contributed by atoms with van der Waals surface area (Å²) in [5, 5.41) is 2.63. The molecule has 2 heterocycles. The van der Waals surface area contributed by atoms with Gasteiger partial charge in [0.05, 0.1) is 13.1 Å². The number of nitrogens with one attached hydrogen (secondary N) is 1. The highest BCUT2D eigenvalue weighted by atomic mass is 32.1. The number of hydrogen-bond donors (Lipinski definition) is 1. The number of thiophene rings is 1. The maximum atomic E-state index is 12.3. The molecule has 0 unspecified atom stereocenters. The van der Waals surface area contributed by atoms with Gasteiger partial charge in [0.1, 0.15) is 5.76 Å². The lowest BCUT2D eigenvalue weighted by atomic mass is 10.3. The molecule has 0 radical (unpaired) electrons. The van der Waals surface area contributed by atoms with E-state index in [0.717, 1.165) is 4.88 Å². The molecule has 0 atom stereocenters. The molecule has 0 fully saturated rings. The maximum absolute atomic E-state index is 12.3. The molecular weight excluding hydrogens is 288 g/mol. The van der Waals surface area contributed by atoms with Crippen LogP contribution in [0.1, 0.15) is 33.0 Å². The van der Waals surface area contributed by atoms with Gasteiger partial charge in [-0.15, -0.1) is 11.3 Å². The van der Waals surface area contributed by atoms with E-state index in [-0.39, 0.29) is 24.1 Å². The molecule has 2 rings (SSSR count). The van der Waals surface area contributed by atoms with E-state index in [0.29, 0.717) is 12.3 Å². The molecule has 6 heteroatoms. The van der Waals surface area contributed by atoms with Crippen molar-refractivity contribution in [3.63, 3.8) is 0 Å². The molecule has 0 aliphatic heterocycles. The predicted octanol–water partition coefficient (Wildman–Crippen LogP) is 2.56. The average Bonchev–Trinajstić information content (AvgIpc) is 3.04. The largest absolute Gasteiger partial charge is 0.454 e. The summed E-state index contributed by atoms with van der Waals surface area (Å²) in [6, 6.07) is 7.40. The van der Waals surface area contributed by atoms with E-state index < -0.39 is 0 Å². The van der Waals surface area contributed by atoms with Gasteiger partial charge >= 0.3 is 0 Å². The molecule has 2 aromatic rings. The third-order valence-electron chi connectivity index (χ3n) is 2.92. The number of aryl methyl sites for hydroxylation is 1. The summed E-state index contributed by atoms with van der Waals surface area (Å²) in [7, 11) is 1.74. The third kappa shape index (κ3) is 4.19. The molecule has 2 aromatic heterocycles. The zero-order valence-electron chi connectivity index (χ0n) is 12.3. The fourth-order valence-corrected chi connectivity index (χ4v) is 2.81. The van der Waals surface area contributed by atoms with Crippen LogP contribution in [0.5, 0.6) is 0 Å². The molecule has 0 spiro atoms. The van der Waals surface area contributed by atoms with Crippen molar-refractivity contribution in [2.45, 2.75) is 26.9 Å². The summed E-state index contributed by atoms with van der Waals surface area (Å²) < 4.78 is 5.46. The van der Waals surface area contributed by atoms with Gasteiger partial charge in [-0.1, -0.05) is 0 Å². The fourth-order valence-electron chi connectivity index (χ4n) is 1.86. The van der Waals surface area contributed by atoms with Gasteiger partial charge in [0.25, 0.3) is 5.91 Å². The van der Waals surface area contributed by atoms with Gasteiger partial charge in [0.2, 0.25) is 5.91 Å². The molecule has 0 aromatic carbocycles. The van der Waals surface area contributed by atoms with Crippen molar-refractivity contribution in [1.82, 2.24) is 10.2 Å². The Bertz CT molecular complexity index is 645. The average molecular weight is 306 g/mol. The summed E-state index contributed by atoms with van der Waals surface area (Å²) in [6.45, 7) is 4.32. The monoisotopic (exact) mass is 306 g/mol. The van der Waals surface area contributed by atoms with Crippen LogP contribution >= 0.6 is 11.3 Å². The molecular formula is C15H18N2O3S. The highest BCUT2D eigenvalue weighted by Gasteiger charge is 2.16. The Morgan fingerprint density at radius 3 is 2.67 bits per heavy atom. The van der Waals surface area contributed by atoms with Crippen LogP contribution in [0.3, 0.4) is 0 Å². The highest BCUT2D eigenvalue weighted by Crippen LogP contribution is 2.18. The van der Waals surface area contributed by atoms with Crippen LogP contribution in [0.15, 0.2) is 28.7 Å². The number of carbonyl (C=O) groups excluding carboxylic acids is 2. The first kappa shape index (κ1) is 15.3. The molecule has 21 heavy (non-hydrogen) atoms. The second-order valence-corrected chi connectivity index (χ2v) is 6.22. The van der Waals surface area contributed by atoms with Gasteiger partial charge in [0.15, 0.2) is 5.76 Å². The molecule has 2 amide bonds. The number of nitrogens with zero attached hydrogens (tertiary/aromatic N) is 1. The van der Waals surface area contributed by atoms with Crippen molar-refractivity contribution in [2.75, 3.05) is 7.05 Å². The van der Waals surface area contributed by atoms with Crippen molar-refractivity contribution >= 4 is 23.2 Å². The molecule has 0 saturated heterocycles. The molecule has 112 valence electrons. The van der Waals surface area contributed by atoms with E-state index in [1.807, 2.05) is 19.1 Å². The number of hydrogen-bond acceptors (Lipinski definition) is 4. The zero-order valence-corrected chi connectivity index (χ0v) is 13.1. The summed E-state index contributed by atoms with van der Waals surface area (Å²) in [6.07, 6.45) is 0. The van der Waals surface area contributed by atoms with Crippen LogP contribution in [-0.2, 0) is 17.9 Å². The lowest BCUT2D eigenvalue weighted by Crippen LogP contribution is -2.25. The first-order valence-corrected chi connectivity index (χ1v) is 7.41. The van der Waals surface area contributed by atoms with Crippen molar-refractivity contribution in [3.05, 3.63) is 45.5 Å². The van der Waals surface area contributed by atoms with Gasteiger partial charge < -0.3 is 14.6 Å². The second-order valence-electron chi connectivity index (χ2n) is 4.85. The Labute approximate surface area is 127 Å². The summed E-state index contributed by atoms with van der Waals surface area (Å²) in [5.41, 5.74) is 0. The minimum Gasteiger partial charge on any atom is -0.454 e. The van der Waals surface area contributed by atoms with E-state index in [1.54, 1.807) is 35.4 Å². The van der Waals surface area contributed by atoms with Crippen LogP contribution in [-0.4, -0.2) is 23.8 Å². The van der Waals surface area contributed by atoms with E-state index in [2.05, 4.69) is 5.32 Å². The van der Waals surface area contributed by atoms with Crippen LogP contribution < -0.4 is 5.32 Å². The SMILES string of the molecule is CC(=O)NCc1ccc(C(=O)N(C)Cc2ccc(C)s2)o1. The van der Waals surface area contributed by atoms with Gasteiger partial charge in [-0.3, -0.25) is 9.59 Å². The molecule has 0 bridgehead atoms. The van der Waals surface area contributed by atoms with Crippen molar-refractivity contribution in [2.24, 2.45) is 0 Å². The van der Waals surface area contributed by atoms with Crippen LogP contribution in [0.4, 0.5) is 0 Å². The van der Waals surface area contributed by atoms with Gasteiger partial charge in [-0.2, -0.15) is 0 Å². The van der Waals surface area contributed by atoms with Gasteiger partial charge in [0, 0.05) is 23.7 Å². The molecule has 0 aliphatic rings. The molecule has 0 saturated carbocycles. The van der Waals surface area contributed by atoms with E-state index in [1.165, 1.54) is 11.8 Å². The van der Waals surface area contributed by atoms with Crippen LogP contribution in [0, 0.1) is 6.92 Å². The third-order valence-corrected chi connectivity index (χ3v) is 3.91. The van der Waals surface area contributed by atoms with Crippen LogP contribution in [0.2, 0.25) is 0 Å². The minimum absolute atomic E-state index is 0.135. The van der Waals surface area contributed by atoms with Gasteiger partial charge in [-0.05, 0) is 31.2 Å². The summed E-state index contributed by atoms with van der Waals surface area (Å²) in [5.74, 6) is 0.541. The number of carbonyl (C=O) groups is 2.